The third-order valence-corrected chi connectivity index (χ3v) is 3.28. The molecule has 0 aromatic carbocycles. The van der Waals surface area contributed by atoms with Crippen molar-refractivity contribution in [3.63, 3.8) is 0 Å². The van der Waals surface area contributed by atoms with E-state index in [2.05, 4.69) is 27.5 Å². The number of nitrogens with zero attached hydrogens (tertiary/aromatic N) is 2. The van der Waals surface area contributed by atoms with Crippen molar-refractivity contribution in [2.24, 2.45) is 0 Å². The highest BCUT2D eigenvalue weighted by Gasteiger charge is 2.27. The van der Waals surface area contributed by atoms with E-state index >= 15 is 0 Å². The molecule has 1 fully saturated rings. The van der Waals surface area contributed by atoms with Crippen LogP contribution in [0.5, 0.6) is 0 Å². The normalized spacial score (nSPS) is 16.1. The van der Waals surface area contributed by atoms with Crippen molar-refractivity contribution in [3.05, 3.63) is 36.0 Å². The quantitative estimate of drug-likeness (QED) is 0.862. The molecule has 100 valence electrons. The summed E-state index contributed by atoms with van der Waals surface area (Å²) in [6, 6.07) is 5.86. The van der Waals surface area contributed by atoms with Crippen LogP contribution >= 0.6 is 0 Å². The lowest BCUT2D eigenvalue weighted by Gasteiger charge is -2.14. The Balaban J connectivity index is 1.81. The molecule has 2 heterocycles. The summed E-state index contributed by atoms with van der Waals surface area (Å²) in [5.41, 5.74) is 0. The van der Waals surface area contributed by atoms with Crippen LogP contribution in [0.25, 0.3) is 0 Å². The van der Waals surface area contributed by atoms with E-state index in [1.807, 2.05) is 25.2 Å². The van der Waals surface area contributed by atoms with Crippen LogP contribution in [0.1, 0.15) is 43.3 Å². The van der Waals surface area contributed by atoms with E-state index in [1.54, 1.807) is 6.26 Å². The first-order valence-electron chi connectivity index (χ1n) is 6.63. The first-order chi connectivity index (χ1) is 9.26. The van der Waals surface area contributed by atoms with Gasteiger partial charge in [-0.3, -0.25) is 0 Å². The van der Waals surface area contributed by atoms with Crippen LogP contribution < -0.4 is 10.6 Å². The van der Waals surface area contributed by atoms with Crippen LogP contribution in [-0.4, -0.2) is 17.0 Å². The van der Waals surface area contributed by atoms with Gasteiger partial charge in [0.2, 0.25) is 0 Å². The van der Waals surface area contributed by atoms with Crippen molar-refractivity contribution in [2.45, 2.75) is 31.7 Å². The van der Waals surface area contributed by atoms with Gasteiger partial charge in [-0.1, -0.05) is 0 Å². The number of anilines is 2. The van der Waals surface area contributed by atoms with E-state index in [0.717, 1.165) is 23.2 Å². The minimum atomic E-state index is 0.0849. The van der Waals surface area contributed by atoms with Gasteiger partial charge in [-0.2, -0.15) is 0 Å². The molecule has 1 aliphatic rings. The predicted molar refractivity (Wildman–Crippen MR) is 74.3 cm³/mol. The fourth-order valence-corrected chi connectivity index (χ4v) is 2.02. The predicted octanol–water partition coefficient (Wildman–Crippen LogP) is 3.16. The molecule has 2 aromatic heterocycles. The van der Waals surface area contributed by atoms with E-state index < -0.39 is 0 Å². The summed E-state index contributed by atoms with van der Waals surface area (Å²) < 4.78 is 5.39. The number of rotatable bonds is 5. The van der Waals surface area contributed by atoms with E-state index in [-0.39, 0.29) is 6.04 Å². The third kappa shape index (κ3) is 2.70. The molecule has 5 heteroatoms. The van der Waals surface area contributed by atoms with Crippen molar-refractivity contribution in [1.29, 1.82) is 0 Å². The van der Waals surface area contributed by atoms with Crippen LogP contribution in [-0.2, 0) is 0 Å². The summed E-state index contributed by atoms with van der Waals surface area (Å²) in [6.07, 6.45) is 4.07. The highest BCUT2D eigenvalue weighted by Crippen LogP contribution is 2.39. The van der Waals surface area contributed by atoms with Gasteiger partial charge in [0.1, 0.15) is 23.2 Å². The van der Waals surface area contributed by atoms with E-state index in [4.69, 9.17) is 4.42 Å². The van der Waals surface area contributed by atoms with Crippen LogP contribution in [0.2, 0.25) is 0 Å². The second-order valence-corrected chi connectivity index (χ2v) is 4.90. The fraction of sp³-hybridized carbons (Fsp3) is 0.429. The Morgan fingerprint density at radius 2 is 2.11 bits per heavy atom. The van der Waals surface area contributed by atoms with E-state index in [1.165, 1.54) is 12.8 Å². The van der Waals surface area contributed by atoms with Gasteiger partial charge in [-0.05, 0) is 31.9 Å². The average molecular weight is 258 g/mol. The highest BCUT2D eigenvalue weighted by molar-refractivity contribution is 5.48. The highest BCUT2D eigenvalue weighted by atomic mass is 16.3. The Bertz CT molecular complexity index is 549. The smallest absolute Gasteiger partial charge is 0.136 e. The molecule has 19 heavy (non-hydrogen) atoms. The number of aromatic nitrogens is 2. The lowest BCUT2D eigenvalue weighted by Crippen LogP contribution is -2.09. The molecule has 1 unspecified atom stereocenters. The summed E-state index contributed by atoms with van der Waals surface area (Å²) in [4.78, 5) is 9.09. The van der Waals surface area contributed by atoms with Gasteiger partial charge in [0, 0.05) is 19.0 Å². The molecule has 1 atom stereocenters. The lowest BCUT2D eigenvalue weighted by molar-refractivity contribution is 0.490. The average Bonchev–Trinajstić information content (AvgIpc) is 3.13. The molecule has 0 amide bonds. The van der Waals surface area contributed by atoms with Crippen molar-refractivity contribution in [2.75, 3.05) is 17.7 Å². The first-order valence-corrected chi connectivity index (χ1v) is 6.63. The topological polar surface area (TPSA) is 63.0 Å². The number of nitrogens with one attached hydrogen (secondary N) is 2. The molecule has 2 aromatic rings. The van der Waals surface area contributed by atoms with Crippen LogP contribution in [0.15, 0.2) is 28.9 Å². The summed E-state index contributed by atoms with van der Waals surface area (Å²) in [6.45, 7) is 2.05. The molecule has 0 saturated heterocycles. The maximum absolute atomic E-state index is 5.39. The molecule has 0 spiro atoms. The van der Waals surface area contributed by atoms with Crippen molar-refractivity contribution >= 4 is 11.6 Å². The van der Waals surface area contributed by atoms with Crippen LogP contribution in [0, 0.1) is 0 Å². The van der Waals surface area contributed by atoms with Gasteiger partial charge in [0.15, 0.2) is 0 Å². The Hall–Kier alpha value is -2.04. The zero-order valence-electron chi connectivity index (χ0n) is 11.2. The Kier molecular flexibility index (Phi) is 3.11. The van der Waals surface area contributed by atoms with E-state index in [9.17, 15) is 0 Å². The van der Waals surface area contributed by atoms with Gasteiger partial charge in [0.05, 0.1) is 12.3 Å². The second-order valence-electron chi connectivity index (χ2n) is 4.90. The van der Waals surface area contributed by atoms with E-state index in [0.29, 0.717) is 5.92 Å². The van der Waals surface area contributed by atoms with Gasteiger partial charge < -0.3 is 15.1 Å². The third-order valence-electron chi connectivity index (χ3n) is 3.28. The van der Waals surface area contributed by atoms with Crippen LogP contribution in [0.4, 0.5) is 11.6 Å². The molecule has 0 bridgehead atoms. The molecule has 2 N–H and O–H groups in total. The van der Waals surface area contributed by atoms with Gasteiger partial charge >= 0.3 is 0 Å². The maximum atomic E-state index is 5.39. The van der Waals surface area contributed by atoms with Crippen LogP contribution in [0.3, 0.4) is 0 Å². The zero-order valence-corrected chi connectivity index (χ0v) is 11.2. The second kappa shape index (κ2) is 4.91. The lowest BCUT2D eigenvalue weighted by atomic mass is 10.2. The van der Waals surface area contributed by atoms with Crippen molar-refractivity contribution in [3.8, 4) is 0 Å². The standard InChI is InChI=1S/C14H18N4O/c1-9(11-4-3-7-19-11)16-13-8-12(15-2)17-14(18-13)10-5-6-10/h3-4,7-10H,5-6H2,1-2H3,(H2,15,16,17,18). The number of hydrogen-bond acceptors (Lipinski definition) is 5. The summed E-state index contributed by atoms with van der Waals surface area (Å²) in [5, 5.41) is 6.44. The number of furan rings is 1. The minimum Gasteiger partial charge on any atom is -0.467 e. The molecule has 1 saturated carbocycles. The van der Waals surface area contributed by atoms with Crippen molar-refractivity contribution in [1.82, 2.24) is 9.97 Å². The summed E-state index contributed by atoms with van der Waals surface area (Å²) in [7, 11) is 1.87. The molecule has 5 nitrogen and oxygen atoms in total. The monoisotopic (exact) mass is 258 g/mol. The molecule has 1 aliphatic carbocycles. The molecule has 0 aliphatic heterocycles. The molecule has 0 radical (unpaired) electrons. The molecule has 3 rings (SSSR count). The largest absolute Gasteiger partial charge is 0.467 e. The minimum absolute atomic E-state index is 0.0849. The summed E-state index contributed by atoms with van der Waals surface area (Å²) in [5.74, 6) is 4.06. The Morgan fingerprint density at radius 1 is 1.32 bits per heavy atom. The maximum Gasteiger partial charge on any atom is 0.136 e. The first kappa shape index (κ1) is 12.0. The Labute approximate surface area is 112 Å². The summed E-state index contributed by atoms with van der Waals surface area (Å²) >= 11 is 0. The molecular formula is C14H18N4O. The van der Waals surface area contributed by atoms with Crippen molar-refractivity contribution < 1.29 is 4.42 Å². The SMILES string of the molecule is CNc1cc(NC(C)c2ccco2)nc(C2CC2)n1. The number of hydrogen-bond donors (Lipinski definition) is 2. The Morgan fingerprint density at radius 3 is 2.74 bits per heavy atom. The molecular weight excluding hydrogens is 240 g/mol. The zero-order chi connectivity index (χ0) is 13.2. The van der Waals surface area contributed by atoms with Gasteiger partial charge in [-0.15, -0.1) is 0 Å². The van der Waals surface area contributed by atoms with Gasteiger partial charge in [-0.25, -0.2) is 9.97 Å². The fourth-order valence-electron chi connectivity index (χ4n) is 2.02. The van der Waals surface area contributed by atoms with Gasteiger partial charge in [0.25, 0.3) is 0 Å².